The predicted octanol–water partition coefficient (Wildman–Crippen LogP) is 3.13. The summed E-state index contributed by atoms with van der Waals surface area (Å²) >= 11 is 5.57. The molecule has 0 unspecified atom stereocenters. The van der Waals surface area contributed by atoms with Gasteiger partial charge in [-0.05, 0) is 19.3 Å². The van der Waals surface area contributed by atoms with Crippen molar-refractivity contribution < 1.29 is 17.9 Å². The molecule has 2 rings (SSSR count). The van der Waals surface area contributed by atoms with Crippen LogP contribution < -0.4 is 5.32 Å². The number of nitrogens with zero attached hydrogens (tertiary/aromatic N) is 2. The molecule has 1 saturated carbocycles. The number of alkyl halides is 3. The van der Waals surface area contributed by atoms with Gasteiger partial charge in [0, 0.05) is 19.7 Å². The Labute approximate surface area is 113 Å². The molecule has 19 heavy (non-hydrogen) atoms. The highest BCUT2D eigenvalue weighted by Gasteiger charge is 2.38. The fraction of sp³-hybridized carbons (Fsp3) is 0.636. The number of nitrogens with one attached hydrogen (secondary N) is 1. The summed E-state index contributed by atoms with van der Waals surface area (Å²) in [6.45, 7) is 0.397. The molecule has 0 radical (unpaired) electrons. The lowest BCUT2D eigenvalue weighted by Crippen LogP contribution is -2.45. The Balaban J connectivity index is 2.10. The normalized spacial score (nSPS) is 17.9. The molecule has 0 aliphatic heterocycles. The van der Waals surface area contributed by atoms with Crippen LogP contribution in [0.3, 0.4) is 0 Å². The average Bonchev–Trinajstić information content (AvgIpc) is 2.26. The zero-order valence-corrected chi connectivity index (χ0v) is 11.0. The third-order valence-electron chi connectivity index (χ3n) is 3.24. The molecule has 1 aliphatic rings. The second-order valence-electron chi connectivity index (χ2n) is 4.49. The zero-order chi connectivity index (χ0) is 14.1. The van der Waals surface area contributed by atoms with Crippen molar-refractivity contribution in [1.29, 1.82) is 0 Å². The van der Waals surface area contributed by atoms with Crippen LogP contribution in [0.15, 0.2) is 6.07 Å². The number of rotatable bonds is 4. The van der Waals surface area contributed by atoms with Gasteiger partial charge in [-0.2, -0.15) is 13.2 Å². The van der Waals surface area contributed by atoms with E-state index in [1.807, 2.05) is 0 Å². The third kappa shape index (κ3) is 3.27. The first-order chi connectivity index (χ1) is 8.85. The van der Waals surface area contributed by atoms with Gasteiger partial charge >= 0.3 is 6.18 Å². The summed E-state index contributed by atoms with van der Waals surface area (Å²) in [7, 11) is 1.59. The van der Waals surface area contributed by atoms with E-state index >= 15 is 0 Å². The molecule has 1 heterocycles. The molecule has 1 aliphatic carbocycles. The molecule has 0 bridgehead atoms. The van der Waals surface area contributed by atoms with Gasteiger partial charge in [0.1, 0.15) is 11.0 Å². The first kappa shape index (κ1) is 14.3. The van der Waals surface area contributed by atoms with Crippen LogP contribution in [0.4, 0.5) is 19.0 Å². The van der Waals surface area contributed by atoms with Gasteiger partial charge in [0.05, 0.1) is 5.60 Å². The number of anilines is 1. The Kier molecular flexibility index (Phi) is 3.87. The summed E-state index contributed by atoms with van der Waals surface area (Å²) in [5, 5.41) is 2.59. The monoisotopic (exact) mass is 295 g/mol. The molecule has 0 atom stereocenters. The summed E-state index contributed by atoms with van der Waals surface area (Å²) in [4.78, 5) is 6.58. The fourth-order valence-electron chi connectivity index (χ4n) is 1.91. The highest BCUT2D eigenvalue weighted by Crippen LogP contribution is 2.35. The molecule has 0 saturated heterocycles. The molecule has 1 fully saturated rings. The van der Waals surface area contributed by atoms with E-state index in [1.165, 1.54) is 6.07 Å². The maximum absolute atomic E-state index is 12.5. The van der Waals surface area contributed by atoms with Gasteiger partial charge in [0.15, 0.2) is 0 Å². The van der Waals surface area contributed by atoms with E-state index < -0.39 is 12.0 Å². The number of ether oxygens (including phenoxy) is 1. The zero-order valence-electron chi connectivity index (χ0n) is 10.2. The Morgan fingerprint density at radius 1 is 1.42 bits per heavy atom. The summed E-state index contributed by atoms with van der Waals surface area (Å²) in [5.41, 5.74) is -0.310. The van der Waals surface area contributed by atoms with Crippen molar-refractivity contribution in [3.8, 4) is 0 Å². The van der Waals surface area contributed by atoms with Gasteiger partial charge in [-0.25, -0.2) is 9.97 Å². The topological polar surface area (TPSA) is 47.0 Å². The summed E-state index contributed by atoms with van der Waals surface area (Å²) < 4.78 is 43.0. The maximum atomic E-state index is 12.5. The summed E-state index contributed by atoms with van der Waals surface area (Å²) in [5.74, 6) is -1.20. The van der Waals surface area contributed by atoms with Gasteiger partial charge in [0.2, 0.25) is 5.82 Å². The van der Waals surface area contributed by atoms with Crippen molar-refractivity contribution in [3.05, 3.63) is 17.0 Å². The van der Waals surface area contributed by atoms with Gasteiger partial charge in [-0.15, -0.1) is 0 Å². The second-order valence-corrected chi connectivity index (χ2v) is 4.88. The van der Waals surface area contributed by atoms with Crippen molar-refractivity contribution in [3.63, 3.8) is 0 Å². The molecular weight excluding hydrogens is 283 g/mol. The minimum atomic E-state index is -4.61. The number of halogens is 4. The third-order valence-corrected chi connectivity index (χ3v) is 3.43. The van der Waals surface area contributed by atoms with Gasteiger partial charge in [0.25, 0.3) is 0 Å². The number of hydrogen-bond acceptors (Lipinski definition) is 4. The lowest BCUT2D eigenvalue weighted by atomic mass is 9.80. The quantitative estimate of drug-likeness (QED) is 0.867. The van der Waals surface area contributed by atoms with Crippen molar-refractivity contribution in [2.45, 2.75) is 31.0 Å². The Morgan fingerprint density at radius 2 is 2.11 bits per heavy atom. The molecule has 0 amide bonds. The fourth-order valence-corrected chi connectivity index (χ4v) is 2.09. The second kappa shape index (κ2) is 5.13. The predicted molar refractivity (Wildman–Crippen MR) is 64.1 cm³/mol. The minimum absolute atomic E-state index is 0.0515. The standard InChI is InChI=1S/C11H13ClF3N3O/c1-19-10(3-2-4-10)6-16-8-5-7(12)17-9(18-8)11(13,14)15/h5H,2-4,6H2,1H3,(H,16,17,18). The smallest absolute Gasteiger partial charge is 0.376 e. The molecule has 1 N–H and O–H groups in total. The lowest BCUT2D eigenvalue weighted by molar-refractivity contribution is -0.144. The Bertz CT molecular complexity index is 457. The number of methoxy groups -OCH3 is 1. The Morgan fingerprint density at radius 3 is 2.58 bits per heavy atom. The maximum Gasteiger partial charge on any atom is 0.451 e. The van der Waals surface area contributed by atoms with Crippen LogP contribution in [-0.2, 0) is 10.9 Å². The molecule has 1 aromatic heterocycles. The van der Waals surface area contributed by atoms with Crippen LogP contribution in [0.25, 0.3) is 0 Å². The van der Waals surface area contributed by atoms with Gasteiger partial charge < -0.3 is 10.1 Å². The largest absolute Gasteiger partial charge is 0.451 e. The molecular formula is C11H13ClF3N3O. The van der Waals surface area contributed by atoms with Crippen molar-refractivity contribution in [2.24, 2.45) is 0 Å². The van der Waals surface area contributed by atoms with Crippen LogP contribution >= 0.6 is 11.6 Å². The Hall–Kier alpha value is -1.08. The van der Waals surface area contributed by atoms with Crippen molar-refractivity contribution >= 4 is 17.4 Å². The van der Waals surface area contributed by atoms with E-state index in [1.54, 1.807) is 7.11 Å². The van der Waals surface area contributed by atoms with Crippen molar-refractivity contribution in [2.75, 3.05) is 19.0 Å². The van der Waals surface area contributed by atoms with Crippen LogP contribution in [-0.4, -0.2) is 29.2 Å². The molecule has 4 nitrogen and oxygen atoms in total. The molecule has 8 heteroatoms. The lowest BCUT2D eigenvalue weighted by Gasteiger charge is -2.40. The van der Waals surface area contributed by atoms with Crippen LogP contribution in [0.2, 0.25) is 5.15 Å². The van der Waals surface area contributed by atoms with E-state index in [2.05, 4.69) is 15.3 Å². The van der Waals surface area contributed by atoms with Gasteiger partial charge in [-0.1, -0.05) is 11.6 Å². The summed E-state index contributed by atoms with van der Waals surface area (Å²) in [6, 6.07) is 1.26. The van der Waals surface area contributed by atoms with E-state index in [4.69, 9.17) is 16.3 Å². The molecule has 0 spiro atoms. The summed E-state index contributed by atoms with van der Waals surface area (Å²) in [6.07, 6.45) is -1.81. The average molecular weight is 296 g/mol. The van der Waals surface area contributed by atoms with Crippen LogP contribution in [0.1, 0.15) is 25.1 Å². The minimum Gasteiger partial charge on any atom is -0.376 e. The van der Waals surface area contributed by atoms with Crippen LogP contribution in [0.5, 0.6) is 0 Å². The highest BCUT2D eigenvalue weighted by molar-refractivity contribution is 6.29. The van der Waals surface area contributed by atoms with Crippen molar-refractivity contribution in [1.82, 2.24) is 9.97 Å². The molecule has 0 aromatic carbocycles. The highest BCUT2D eigenvalue weighted by atomic mass is 35.5. The van der Waals surface area contributed by atoms with E-state index in [9.17, 15) is 13.2 Å². The number of aromatic nitrogens is 2. The molecule has 1 aromatic rings. The van der Waals surface area contributed by atoms with E-state index in [0.717, 1.165) is 19.3 Å². The van der Waals surface area contributed by atoms with Gasteiger partial charge in [-0.3, -0.25) is 0 Å². The van der Waals surface area contributed by atoms with Crippen LogP contribution in [0, 0.1) is 0 Å². The first-order valence-corrected chi connectivity index (χ1v) is 6.13. The van der Waals surface area contributed by atoms with E-state index in [0.29, 0.717) is 6.54 Å². The first-order valence-electron chi connectivity index (χ1n) is 5.75. The van der Waals surface area contributed by atoms with E-state index in [-0.39, 0.29) is 16.6 Å². The SMILES string of the molecule is COC1(CNc2cc(Cl)nc(C(F)(F)F)n2)CCC1. The molecule has 106 valence electrons. The number of hydrogen-bond donors (Lipinski definition) is 1.